The maximum Gasteiger partial charge on any atom is 0.274 e. The molecule has 7 heteroatoms. The van der Waals surface area contributed by atoms with Crippen LogP contribution in [-0.2, 0) is 11.5 Å². The maximum atomic E-state index is 12.0. The summed E-state index contributed by atoms with van der Waals surface area (Å²) in [5.74, 6) is 0.783. The van der Waals surface area contributed by atoms with Gasteiger partial charge in [0.2, 0.25) is 0 Å². The monoisotopic (exact) mass is 357 g/mol. The number of halogens is 1. The van der Waals surface area contributed by atoms with Gasteiger partial charge in [0.15, 0.2) is 0 Å². The van der Waals surface area contributed by atoms with E-state index in [-0.39, 0.29) is 5.56 Å². The van der Waals surface area contributed by atoms with E-state index >= 15 is 0 Å². The molecule has 0 amide bonds. The zero-order valence-electron chi connectivity index (χ0n) is 12.3. The van der Waals surface area contributed by atoms with Gasteiger partial charge in [-0.2, -0.15) is 0 Å². The van der Waals surface area contributed by atoms with Crippen LogP contribution in [0.4, 0.5) is 0 Å². The Balaban J connectivity index is 2.20. The lowest BCUT2D eigenvalue weighted by molar-refractivity contribution is 0.0884. The van der Waals surface area contributed by atoms with Gasteiger partial charge in [0.1, 0.15) is 23.6 Å². The van der Waals surface area contributed by atoms with Gasteiger partial charge < -0.3 is 9.72 Å². The van der Waals surface area contributed by atoms with Gasteiger partial charge in [-0.3, -0.25) is 9.36 Å². The van der Waals surface area contributed by atoms with Gasteiger partial charge in [-0.25, -0.2) is 4.98 Å². The Labute approximate surface area is 127 Å². The topological polar surface area (TPSA) is 59.9 Å². The first-order valence-corrected chi connectivity index (χ1v) is 11.1. The number of hydrogen-bond donors (Lipinski definition) is 1. The summed E-state index contributed by atoms with van der Waals surface area (Å²) in [4.78, 5) is 19.1. The number of pyridine rings is 1. The van der Waals surface area contributed by atoms with Crippen molar-refractivity contribution in [2.24, 2.45) is 0 Å². The van der Waals surface area contributed by atoms with Crippen molar-refractivity contribution in [2.75, 3.05) is 6.61 Å². The average Bonchev–Trinajstić information content (AvgIpc) is 2.67. The summed E-state index contributed by atoms with van der Waals surface area (Å²) in [5.41, 5.74) is 1.10. The standard InChI is InChI=1S/C13H20BrN3O2Si/c1-9-16-11-10(14)7-15-13(18)12(11)17(9)8-19-5-6-20(2,3)4/h7H,5-6,8H2,1-4H3,(H,15,18). The number of aryl methyl sites for hydroxylation is 1. The first-order valence-electron chi connectivity index (χ1n) is 6.61. The van der Waals surface area contributed by atoms with Crippen LogP contribution < -0.4 is 5.56 Å². The second-order valence-corrected chi connectivity index (χ2v) is 12.6. The van der Waals surface area contributed by atoms with Crippen LogP contribution in [0.25, 0.3) is 11.0 Å². The second-order valence-electron chi connectivity index (χ2n) is 6.10. The molecule has 2 rings (SSSR count). The van der Waals surface area contributed by atoms with Crippen LogP contribution in [-0.4, -0.2) is 29.2 Å². The third kappa shape index (κ3) is 3.39. The fourth-order valence-corrected chi connectivity index (χ4v) is 3.07. The summed E-state index contributed by atoms with van der Waals surface area (Å²) in [7, 11) is -1.09. The molecule has 1 N–H and O–H groups in total. The highest BCUT2D eigenvalue weighted by Crippen LogP contribution is 2.20. The molecular weight excluding hydrogens is 338 g/mol. The van der Waals surface area contributed by atoms with Crippen molar-refractivity contribution in [1.29, 1.82) is 0 Å². The van der Waals surface area contributed by atoms with Crippen LogP contribution in [0.2, 0.25) is 25.7 Å². The minimum atomic E-state index is -1.09. The summed E-state index contributed by atoms with van der Waals surface area (Å²) < 4.78 is 8.34. The fourth-order valence-electron chi connectivity index (χ4n) is 1.92. The number of ether oxygens (including phenoxy) is 1. The molecule has 0 atom stereocenters. The second kappa shape index (κ2) is 5.83. The smallest absolute Gasteiger partial charge is 0.274 e. The van der Waals surface area contributed by atoms with Crippen molar-refractivity contribution in [1.82, 2.24) is 14.5 Å². The molecule has 0 radical (unpaired) electrons. The largest absolute Gasteiger partial charge is 0.361 e. The minimum absolute atomic E-state index is 0.141. The van der Waals surface area contributed by atoms with Crippen molar-refractivity contribution in [3.05, 3.63) is 26.8 Å². The molecule has 110 valence electrons. The average molecular weight is 358 g/mol. The molecule has 2 heterocycles. The predicted molar refractivity (Wildman–Crippen MR) is 86.9 cm³/mol. The number of aromatic nitrogens is 3. The summed E-state index contributed by atoms with van der Waals surface area (Å²) in [5, 5.41) is 0. The SMILES string of the molecule is Cc1nc2c(Br)c[nH]c(=O)c2n1COCC[Si](C)(C)C. The van der Waals surface area contributed by atoms with Crippen molar-refractivity contribution in [3.63, 3.8) is 0 Å². The highest BCUT2D eigenvalue weighted by atomic mass is 79.9. The lowest BCUT2D eigenvalue weighted by Gasteiger charge is -2.15. The van der Waals surface area contributed by atoms with Crippen LogP contribution in [0.5, 0.6) is 0 Å². The first-order chi connectivity index (χ1) is 9.29. The van der Waals surface area contributed by atoms with Crippen LogP contribution in [0, 0.1) is 6.92 Å². The van der Waals surface area contributed by atoms with Crippen LogP contribution >= 0.6 is 15.9 Å². The molecule has 0 saturated heterocycles. The molecule has 0 aliphatic rings. The van der Waals surface area contributed by atoms with Crippen molar-refractivity contribution in [3.8, 4) is 0 Å². The summed E-state index contributed by atoms with van der Waals surface area (Å²) in [6, 6.07) is 1.11. The van der Waals surface area contributed by atoms with E-state index in [1.807, 2.05) is 11.5 Å². The van der Waals surface area contributed by atoms with Gasteiger partial charge >= 0.3 is 0 Å². The van der Waals surface area contributed by atoms with Crippen LogP contribution in [0.3, 0.4) is 0 Å². The summed E-state index contributed by atoms with van der Waals surface area (Å²) >= 11 is 3.41. The molecule has 0 aliphatic heterocycles. The van der Waals surface area contributed by atoms with Gasteiger partial charge in [0, 0.05) is 20.9 Å². The summed E-state index contributed by atoms with van der Waals surface area (Å²) in [6.45, 7) is 9.92. The van der Waals surface area contributed by atoms with Crippen LogP contribution in [0.15, 0.2) is 15.5 Å². The number of fused-ring (bicyclic) bond motifs is 1. The predicted octanol–water partition coefficient (Wildman–Crippen LogP) is 3.11. The zero-order valence-corrected chi connectivity index (χ0v) is 14.9. The maximum absolute atomic E-state index is 12.0. The van der Waals surface area contributed by atoms with Crippen LogP contribution in [0.1, 0.15) is 5.82 Å². The lowest BCUT2D eigenvalue weighted by Crippen LogP contribution is -2.22. The molecular formula is C13H20BrN3O2Si. The Hall–Kier alpha value is -0.923. The van der Waals surface area contributed by atoms with Gasteiger partial charge in [-0.15, -0.1) is 0 Å². The van der Waals surface area contributed by atoms with E-state index in [9.17, 15) is 4.79 Å². The number of aromatic amines is 1. The number of hydrogen-bond acceptors (Lipinski definition) is 3. The Morgan fingerprint density at radius 1 is 1.45 bits per heavy atom. The van der Waals surface area contributed by atoms with E-state index in [0.717, 1.165) is 22.9 Å². The number of H-pyrrole nitrogens is 1. The van der Waals surface area contributed by atoms with Gasteiger partial charge in [-0.05, 0) is 28.9 Å². The van der Waals surface area contributed by atoms with E-state index in [2.05, 4.69) is 45.5 Å². The number of nitrogens with zero attached hydrogens (tertiary/aromatic N) is 2. The van der Waals surface area contributed by atoms with E-state index < -0.39 is 8.07 Å². The highest BCUT2D eigenvalue weighted by molar-refractivity contribution is 9.10. The molecule has 0 bridgehead atoms. The number of imidazole rings is 1. The fraction of sp³-hybridized carbons (Fsp3) is 0.538. The van der Waals surface area contributed by atoms with Crippen molar-refractivity contribution < 1.29 is 4.74 Å². The molecule has 0 aromatic carbocycles. The molecule has 0 unspecified atom stereocenters. The Kier molecular flexibility index (Phi) is 4.51. The van der Waals surface area contributed by atoms with E-state index in [0.29, 0.717) is 17.8 Å². The molecule has 0 fully saturated rings. The Morgan fingerprint density at radius 3 is 2.80 bits per heavy atom. The normalized spacial score (nSPS) is 12.2. The van der Waals surface area contributed by atoms with Gasteiger partial charge in [-0.1, -0.05) is 19.6 Å². The third-order valence-electron chi connectivity index (χ3n) is 3.15. The minimum Gasteiger partial charge on any atom is -0.361 e. The molecule has 0 saturated carbocycles. The van der Waals surface area contributed by atoms with E-state index in [1.165, 1.54) is 0 Å². The molecule has 2 aromatic heterocycles. The molecule has 0 aliphatic carbocycles. The zero-order chi connectivity index (χ0) is 14.9. The van der Waals surface area contributed by atoms with Gasteiger partial charge in [0.05, 0.1) is 4.47 Å². The molecule has 20 heavy (non-hydrogen) atoms. The lowest BCUT2D eigenvalue weighted by atomic mass is 10.4. The Bertz CT molecular complexity index is 673. The third-order valence-corrected chi connectivity index (χ3v) is 5.46. The van der Waals surface area contributed by atoms with E-state index in [4.69, 9.17) is 4.74 Å². The highest BCUT2D eigenvalue weighted by Gasteiger charge is 2.15. The van der Waals surface area contributed by atoms with Crippen molar-refractivity contribution >= 4 is 35.0 Å². The Morgan fingerprint density at radius 2 is 2.15 bits per heavy atom. The van der Waals surface area contributed by atoms with Gasteiger partial charge in [0.25, 0.3) is 5.56 Å². The quantitative estimate of drug-likeness (QED) is 0.660. The summed E-state index contributed by atoms with van der Waals surface area (Å²) in [6.07, 6.45) is 1.62. The van der Waals surface area contributed by atoms with Crippen molar-refractivity contribution in [2.45, 2.75) is 39.3 Å². The van der Waals surface area contributed by atoms with E-state index in [1.54, 1.807) is 6.20 Å². The molecule has 5 nitrogen and oxygen atoms in total. The first kappa shape index (κ1) is 15.5. The number of rotatable bonds is 5. The molecule has 2 aromatic rings. The number of nitrogens with one attached hydrogen (secondary N) is 1. The molecule has 0 spiro atoms.